The topological polar surface area (TPSA) is 57.6 Å². The molecule has 1 N–H and O–H groups in total. The second kappa shape index (κ2) is 5.61. The molecule has 1 unspecified atom stereocenters. The lowest BCUT2D eigenvalue weighted by Crippen LogP contribution is -2.41. The first-order valence-electron chi connectivity index (χ1n) is 7.47. The minimum Gasteiger partial charge on any atom is -0.391 e. The SMILES string of the molecule is CC(C)CC(O)CN1C(=O)CC2(CCCCC2)C1=O. The van der Waals surface area contributed by atoms with Crippen LogP contribution >= 0.6 is 0 Å². The van der Waals surface area contributed by atoms with Crippen molar-refractivity contribution in [2.75, 3.05) is 6.54 Å². The van der Waals surface area contributed by atoms with Crippen molar-refractivity contribution in [1.29, 1.82) is 0 Å². The first kappa shape index (κ1) is 14.5. The maximum absolute atomic E-state index is 12.5. The summed E-state index contributed by atoms with van der Waals surface area (Å²) in [5, 5.41) is 9.96. The summed E-state index contributed by atoms with van der Waals surface area (Å²) >= 11 is 0. The van der Waals surface area contributed by atoms with Crippen molar-refractivity contribution in [1.82, 2.24) is 4.90 Å². The molecule has 0 aromatic carbocycles. The standard InChI is InChI=1S/C15H25NO3/c1-11(2)8-12(17)10-16-13(18)9-15(14(16)19)6-4-3-5-7-15/h11-12,17H,3-10H2,1-2H3. The molecule has 2 amide bonds. The van der Waals surface area contributed by atoms with E-state index in [0.29, 0.717) is 18.8 Å². The van der Waals surface area contributed by atoms with Gasteiger partial charge in [-0.05, 0) is 25.2 Å². The van der Waals surface area contributed by atoms with E-state index in [1.165, 1.54) is 11.3 Å². The van der Waals surface area contributed by atoms with Crippen LogP contribution in [0, 0.1) is 11.3 Å². The van der Waals surface area contributed by atoms with Crippen LogP contribution in [0.5, 0.6) is 0 Å². The average Bonchev–Trinajstić information content (AvgIpc) is 2.54. The number of amides is 2. The van der Waals surface area contributed by atoms with Gasteiger partial charge < -0.3 is 5.11 Å². The number of aliphatic hydroxyl groups excluding tert-OH is 1. The highest BCUT2D eigenvalue weighted by Gasteiger charge is 2.51. The molecule has 1 atom stereocenters. The number of carbonyl (C=O) groups excluding carboxylic acids is 2. The molecule has 1 saturated carbocycles. The van der Waals surface area contributed by atoms with E-state index in [-0.39, 0.29) is 18.4 Å². The zero-order valence-electron chi connectivity index (χ0n) is 12.0. The van der Waals surface area contributed by atoms with E-state index in [4.69, 9.17) is 0 Å². The number of hydrogen-bond acceptors (Lipinski definition) is 3. The van der Waals surface area contributed by atoms with E-state index >= 15 is 0 Å². The Morgan fingerprint density at radius 1 is 1.21 bits per heavy atom. The van der Waals surface area contributed by atoms with Crippen LogP contribution in [0.1, 0.15) is 58.8 Å². The number of carbonyl (C=O) groups is 2. The Hall–Kier alpha value is -0.900. The largest absolute Gasteiger partial charge is 0.391 e. The molecule has 0 radical (unpaired) electrons. The fourth-order valence-electron chi connectivity index (χ4n) is 3.49. The molecule has 108 valence electrons. The van der Waals surface area contributed by atoms with E-state index in [9.17, 15) is 14.7 Å². The highest BCUT2D eigenvalue weighted by Crippen LogP contribution is 2.45. The zero-order chi connectivity index (χ0) is 14.0. The van der Waals surface area contributed by atoms with Crippen LogP contribution in [0.3, 0.4) is 0 Å². The Morgan fingerprint density at radius 3 is 2.42 bits per heavy atom. The molecule has 1 aliphatic heterocycles. The van der Waals surface area contributed by atoms with Gasteiger partial charge >= 0.3 is 0 Å². The summed E-state index contributed by atoms with van der Waals surface area (Å²) in [6, 6.07) is 0. The molecule has 0 bridgehead atoms. The van der Waals surface area contributed by atoms with Gasteiger partial charge in [-0.15, -0.1) is 0 Å². The number of nitrogens with zero attached hydrogens (tertiary/aromatic N) is 1. The minimum atomic E-state index is -0.591. The molecule has 1 saturated heterocycles. The Kier molecular flexibility index (Phi) is 4.29. The summed E-state index contributed by atoms with van der Waals surface area (Å²) in [6.07, 6.45) is 5.33. The van der Waals surface area contributed by atoms with Crippen LogP contribution in [0.15, 0.2) is 0 Å². The summed E-state index contributed by atoms with van der Waals surface area (Å²) in [5.74, 6) is 0.251. The molecule has 0 aromatic heterocycles. The normalized spacial score (nSPS) is 24.5. The van der Waals surface area contributed by atoms with Gasteiger partial charge in [-0.3, -0.25) is 14.5 Å². The Morgan fingerprint density at radius 2 is 1.84 bits per heavy atom. The summed E-state index contributed by atoms with van der Waals surface area (Å²) in [7, 11) is 0. The van der Waals surface area contributed by atoms with Crippen molar-refractivity contribution in [2.24, 2.45) is 11.3 Å². The number of hydrogen-bond donors (Lipinski definition) is 1. The third-order valence-corrected chi connectivity index (χ3v) is 4.44. The number of aliphatic hydroxyl groups is 1. The second-order valence-corrected chi connectivity index (χ2v) is 6.61. The van der Waals surface area contributed by atoms with Gasteiger partial charge in [0.15, 0.2) is 0 Å². The Labute approximate surface area is 115 Å². The van der Waals surface area contributed by atoms with Gasteiger partial charge in [0.25, 0.3) is 0 Å². The molecule has 2 fully saturated rings. The molecule has 0 aromatic rings. The van der Waals surface area contributed by atoms with Crippen LogP contribution in [-0.4, -0.2) is 34.5 Å². The molecule has 2 rings (SSSR count). The van der Waals surface area contributed by atoms with Gasteiger partial charge in [0, 0.05) is 6.42 Å². The van der Waals surface area contributed by atoms with Crippen molar-refractivity contribution >= 4 is 11.8 Å². The molecular weight excluding hydrogens is 242 g/mol. The summed E-state index contributed by atoms with van der Waals surface area (Å²) in [6.45, 7) is 4.23. The van der Waals surface area contributed by atoms with Crippen molar-refractivity contribution in [3.63, 3.8) is 0 Å². The molecule has 1 aliphatic carbocycles. The van der Waals surface area contributed by atoms with Crippen LogP contribution in [0.2, 0.25) is 0 Å². The highest BCUT2D eigenvalue weighted by atomic mass is 16.3. The summed E-state index contributed by atoms with van der Waals surface area (Å²) in [4.78, 5) is 25.9. The number of imide groups is 1. The zero-order valence-corrected chi connectivity index (χ0v) is 12.0. The van der Waals surface area contributed by atoms with Gasteiger partial charge in [0.05, 0.1) is 18.1 Å². The molecule has 1 heterocycles. The van der Waals surface area contributed by atoms with E-state index in [0.717, 1.165) is 25.7 Å². The summed E-state index contributed by atoms with van der Waals surface area (Å²) < 4.78 is 0. The third-order valence-electron chi connectivity index (χ3n) is 4.44. The Bertz CT molecular complexity index is 358. The van der Waals surface area contributed by atoms with E-state index in [1.807, 2.05) is 13.8 Å². The number of β-amino-alcohol motifs (C(OH)–C–C–N with tert-alkyl or cyclic N) is 1. The van der Waals surface area contributed by atoms with Gasteiger partial charge in [-0.1, -0.05) is 33.1 Å². The maximum atomic E-state index is 12.5. The minimum absolute atomic E-state index is 0.0278. The first-order valence-corrected chi connectivity index (χ1v) is 7.47. The molecule has 2 aliphatic rings. The van der Waals surface area contributed by atoms with Crippen molar-refractivity contribution in [3.8, 4) is 0 Å². The van der Waals surface area contributed by atoms with Gasteiger partial charge in [0.2, 0.25) is 11.8 Å². The molecule has 1 spiro atoms. The van der Waals surface area contributed by atoms with E-state index < -0.39 is 11.5 Å². The van der Waals surface area contributed by atoms with Crippen LogP contribution in [0.4, 0.5) is 0 Å². The predicted octanol–water partition coefficient (Wildman–Crippen LogP) is 2.10. The first-order chi connectivity index (χ1) is 8.94. The molecule has 4 heteroatoms. The average molecular weight is 267 g/mol. The predicted molar refractivity (Wildman–Crippen MR) is 72.3 cm³/mol. The fourth-order valence-corrected chi connectivity index (χ4v) is 3.49. The van der Waals surface area contributed by atoms with Crippen molar-refractivity contribution < 1.29 is 14.7 Å². The van der Waals surface area contributed by atoms with Gasteiger partial charge in [-0.2, -0.15) is 0 Å². The van der Waals surface area contributed by atoms with Crippen molar-refractivity contribution in [2.45, 2.75) is 64.9 Å². The van der Waals surface area contributed by atoms with Gasteiger partial charge in [-0.25, -0.2) is 0 Å². The maximum Gasteiger partial charge on any atom is 0.235 e. The molecule has 19 heavy (non-hydrogen) atoms. The van der Waals surface area contributed by atoms with Crippen LogP contribution < -0.4 is 0 Å². The lowest BCUT2D eigenvalue weighted by molar-refractivity contribution is -0.144. The van der Waals surface area contributed by atoms with Gasteiger partial charge in [0.1, 0.15) is 0 Å². The quantitative estimate of drug-likeness (QED) is 0.794. The Balaban J connectivity index is 2.02. The molecular formula is C15H25NO3. The number of likely N-dealkylation sites (tertiary alicyclic amines) is 1. The molecule has 4 nitrogen and oxygen atoms in total. The lowest BCUT2D eigenvalue weighted by Gasteiger charge is -2.31. The van der Waals surface area contributed by atoms with Crippen LogP contribution in [-0.2, 0) is 9.59 Å². The fraction of sp³-hybridized carbons (Fsp3) is 0.867. The monoisotopic (exact) mass is 267 g/mol. The second-order valence-electron chi connectivity index (χ2n) is 6.61. The van der Waals surface area contributed by atoms with E-state index in [1.54, 1.807) is 0 Å². The third kappa shape index (κ3) is 2.99. The highest BCUT2D eigenvalue weighted by molar-refractivity contribution is 6.05. The summed E-state index contributed by atoms with van der Waals surface area (Å²) in [5.41, 5.74) is -0.424. The van der Waals surface area contributed by atoms with Crippen molar-refractivity contribution in [3.05, 3.63) is 0 Å². The number of rotatable bonds is 4. The lowest BCUT2D eigenvalue weighted by atomic mass is 9.73. The smallest absolute Gasteiger partial charge is 0.235 e. The van der Waals surface area contributed by atoms with E-state index in [2.05, 4.69) is 0 Å². The van der Waals surface area contributed by atoms with Crippen LogP contribution in [0.25, 0.3) is 0 Å².